The van der Waals surface area contributed by atoms with Crippen LogP contribution in [0.5, 0.6) is 0 Å². The van der Waals surface area contributed by atoms with Crippen LogP contribution in [-0.2, 0) is 14.3 Å². The van der Waals surface area contributed by atoms with Gasteiger partial charge in [0, 0.05) is 19.2 Å². The molecule has 2 aromatic heterocycles. The first-order chi connectivity index (χ1) is 11.0. The lowest BCUT2D eigenvalue weighted by Crippen LogP contribution is -2.26. The Balaban J connectivity index is 1.84. The number of nitrogens with one attached hydrogen (secondary N) is 1. The predicted molar refractivity (Wildman–Crippen MR) is 88.0 cm³/mol. The second-order valence-corrected chi connectivity index (χ2v) is 6.29. The number of halogens is 2. The molecule has 7 nitrogen and oxygen atoms in total. The summed E-state index contributed by atoms with van der Waals surface area (Å²) in [5.74, 6) is -0.287. The minimum atomic E-state index is -0.294. The van der Waals surface area contributed by atoms with Gasteiger partial charge >= 0.3 is 5.97 Å². The van der Waals surface area contributed by atoms with Crippen molar-refractivity contribution < 1.29 is 14.3 Å². The summed E-state index contributed by atoms with van der Waals surface area (Å²) in [6.45, 7) is 0.409. The van der Waals surface area contributed by atoms with E-state index in [-0.39, 0.29) is 24.1 Å². The molecule has 10 heteroatoms. The maximum Gasteiger partial charge on any atom is 0.305 e. The molecule has 0 aliphatic carbocycles. The van der Waals surface area contributed by atoms with E-state index in [9.17, 15) is 9.59 Å². The van der Waals surface area contributed by atoms with Crippen LogP contribution >= 0.6 is 35.0 Å². The van der Waals surface area contributed by atoms with Crippen molar-refractivity contribution in [3.05, 3.63) is 22.3 Å². The summed E-state index contributed by atoms with van der Waals surface area (Å²) in [5.41, 5.74) is 0.483. The molecular weight excluding hydrogens is 363 g/mol. The Bertz CT molecular complexity index is 723. The Kier molecular flexibility index (Phi) is 6.49. The molecule has 0 radical (unpaired) electrons. The Morgan fingerprint density at radius 1 is 1.39 bits per heavy atom. The van der Waals surface area contributed by atoms with E-state index in [0.29, 0.717) is 33.8 Å². The van der Waals surface area contributed by atoms with E-state index in [1.807, 2.05) is 0 Å². The number of ether oxygens (including phenoxy) is 1. The van der Waals surface area contributed by atoms with Crippen molar-refractivity contribution in [3.63, 3.8) is 0 Å². The van der Waals surface area contributed by atoms with Crippen molar-refractivity contribution >= 4 is 52.5 Å². The highest BCUT2D eigenvalue weighted by atomic mass is 35.5. The second-order valence-electron chi connectivity index (χ2n) is 4.50. The predicted octanol–water partition coefficient (Wildman–Crippen LogP) is 2.20. The van der Waals surface area contributed by atoms with Gasteiger partial charge in [-0.2, -0.15) is 0 Å². The molecule has 0 aliphatic heterocycles. The molecule has 0 spiro atoms. The Morgan fingerprint density at radius 2 is 2.17 bits per heavy atom. The number of hydrogen-bond donors (Lipinski definition) is 1. The van der Waals surface area contributed by atoms with Gasteiger partial charge in [-0.1, -0.05) is 35.0 Å². The first-order valence-corrected chi connectivity index (χ1v) is 8.41. The van der Waals surface area contributed by atoms with E-state index in [2.05, 4.69) is 20.3 Å². The molecular formula is C13H14Cl2N4O3S. The summed E-state index contributed by atoms with van der Waals surface area (Å²) in [7, 11) is 1.33. The van der Waals surface area contributed by atoms with Gasteiger partial charge in [0.2, 0.25) is 5.91 Å². The summed E-state index contributed by atoms with van der Waals surface area (Å²) >= 11 is 13.2. The highest BCUT2D eigenvalue weighted by Gasteiger charge is 2.12. The van der Waals surface area contributed by atoms with E-state index in [1.54, 1.807) is 16.7 Å². The van der Waals surface area contributed by atoms with Crippen LogP contribution in [0, 0.1) is 0 Å². The van der Waals surface area contributed by atoms with Crippen molar-refractivity contribution in [1.29, 1.82) is 0 Å². The number of pyridine rings is 1. The number of rotatable bonds is 7. The number of amides is 1. The van der Waals surface area contributed by atoms with Crippen LogP contribution in [0.4, 0.5) is 0 Å². The van der Waals surface area contributed by atoms with Gasteiger partial charge in [0.25, 0.3) is 0 Å². The fourth-order valence-electron chi connectivity index (χ4n) is 1.74. The third kappa shape index (κ3) is 4.98. The van der Waals surface area contributed by atoms with Crippen LogP contribution < -0.4 is 5.32 Å². The molecule has 0 saturated carbocycles. The number of aromatic nitrogens is 3. The summed E-state index contributed by atoms with van der Waals surface area (Å²) in [6.07, 6.45) is 2.44. The largest absolute Gasteiger partial charge is 0.469 e. The molecule has 0 aliphatic rings. The third-order valence-electron chi connectivity index (χ3n) is 2.84. The molecule has 0 aromatic carbocycles. The molecule has 0 atom stereocenters. The quantitative estimate of drug-likeness (QED) is 0.452. The highest BCUT2D eigenvalue weighted by molar-refractivity contribution is 7.99. The Morgan fingerprint density at radius 3 is 2.91 bits per heavy atom. The van der Waals surface area contributed by atoms with Gasteiger partial charge in [0.15, 0.2) is 10.8 Å². The topological polar surface area (TPSA) is 85.6 Å². The molecule has 1 N–H and O–H groups in total. The molecule has 23 heavy (non-hydrogen) atoms. The van der Waals surface area contributed by atoms with Gasteiger partial charge in [0.05, 0.1) is 22.9 Å². The van der Waals surface area contributed by atoms with Gasteiger partial charge in [0.1, 0.15) is 0 Å². The number of nitrogens with zero attached hydrogens (tertiary/aromatic N) is 3. The molecule has 0 saturated heterocycles. The Hall–Kier alpha value is -1.51. The van der Waals surface area contributed by atoms with Crippen LogP contribution in [0.3, 0.4) is 0 Å². The molecule has 1 amide bonds. The fraction of sp³-hybridized carbons (Fsp3) is 0.385. The fourth-order valence-corrected chi connectivity index (χ4v) is 2.99. The smallest absolute Gasteiger partial charge is 0.305 e. The molecule has 0 bridgehead atoms. The van der Waals surface area contributed by atoms with Gasteiger partial charge in [-0.3, -0.25) is 14.0 Å². The van der Waals surface area contributed by atoms with E-state index < -0.39 is 0 Å². The van der Waals surface area contributed by atoms with Crippen molar-refractivity contribution in [2.45, 2.75) is 18.0 Å². The molecule has 0 unspecified atom stereocenters. The lowest BCUT2D eigenvalue weighted by atomic mass is 10.3. The molecule has 2 heterocycles. The average Bonchev–Trinajstić information content (AvgIpc) is 2.92. The van der Waals surface area contributed by atoms with Gasteiger partial charge in [-0.15, -0.1) is 10.2 Å². The zero-order valence-corrected chi connectivity index (χ0v) is 14.5. The number of methoxy groups -OCH3 is 1. The first kappa shape index (κ1) is 17.8. The van der Waals surface area contributed by atoms with Crippen molar-refractivity contribution in [2.75, 3.05) is 19.4 Å². The van der Waals surface area contributed by atoms with Crippen LogP contribution in [0.1, 0.15) is 12.8 Å². The molecule has 2 rings (SSSR count). The highest BCUT2D eigenvalue weighted by Crippen LogP contribution is 2.25. The zero-order valence-electron chi connectivity index (χ0n) is 12.2. The number of carbonyl (C=O) groups is 2. The van der Waals surface area contributed by atoms with Crippen LogP contribution in [0.2, 0.25) is 10.0 Å². The number of esters is 1. The monoisotopic (exact) mass is 376 g/mol. The van der Waals surface area contributed by atoms with Crippen molar-refractivity contribution in [1.82, 2.24) is 19.9 Å². The maximum atomic E-state index is 11.8. The van der Waals surface area contributed by atoms with Crippen LogP contribution in [-0.4, -0.2) is 45.9 Å². The van der Waals surface area contributed by atoms with E-state index in [1.165, 1.54) is 18.9 Å². The van der Waals surface area contributed by atoms with Crippen molar-refractivity contribution in [2.24, 2.45) is 0 Å². The summed E-state index contributed by atoms with van der Waals surface area (Å²) in [4.78, 5) is 22.7. The number of thioether (sulfide) groups is 1. The van der Waals surface area contributed by atoms with Crippen LogP contribution in [0.15, 0.2) is 17.4 Å². The normalized spacial score (nSPS) is 10.7. The third-order valence-corrected chi connectivity index (χ3v) is 4.26. The lowest BCUT2D eigenvalue weighted by Gasteiger charge is -2.04. The minimum absolute atomic E-state index is 0.162. The maximum absolute atomic E-state index is 11.8. The zero-order chi connectivity index (χ0) is 16.8. The van der Waals surface area contributed by atoms with Gasteiger partial charge in [-0.05, 0) is 12.5 Å². The molecule has 2 aromatic rings. The Labute approximate surface area is 146 Å². The standard InChI is InChI=1S/C13H14Cl2N4O3S/c1-22-11(21)3-2-4-16-10(20)7-23-13-18-17-12-9(15)5-8(14)6-19(12)13/h5-6H,2-4,7H2,1H3,(H,16,20). The first-order valence-electron chi connectivity index (χ1n) is 6.67. The number of fused-ring (bicyclic) bond motifs is 1. The summed E-state index contributed by atoms with van der Waals surface area (Å²) < 4.78 is 6.16. The van der Waals surface area contributed by atoms with Gasteiger partial charge in [-0.25, -0.2) is 0 Å². The summed E-state index contributed by atoms with van der Waals surface area (Å²) in [6, 6.07) is 1.58. The van der Waals surface area contributed by atoms with Gasteiger partial charge < -0.3 is 10.1 Å². The minimum Gasteiger partial charge on any atom is -0.469 e. The van der Waals surface area contributed by atoms with E-state index in [4.69, 9.17) is 23.2 Å². The number of carbonyl (C=O) groups excluding carboxylic acids is 2. The van der Waals surface area contributed by atoms with E-state index in [0.717, 1.165) is 0 Å². The number of hydrogen-bond acceptors (Lipinski definition) is 6. The molecule has 0 fully saturated rings. The SMILES string of the molecule is COC(=O)CCCNC(=O)CSc1nnc2c(Cl)cc(Cl)cn12. The lowest BCUT2D eigenvalue weighted by molar-refractivity contribution is -0.140. The summed E-state index contributed by atoms with van der Waals surface area (Å²) in [5, 5.41) is 12.0. The van der Waals surface area contributed by atoms with Crippen LogP contribution in [0.25, 0.3) is 5.65 Å². The van der Waals surface area contributed by atoms with E-state index >= 15 is 0 Å². The van der Waals surface area contributed by atoms with Crippen molar-refractivity contribution in [3.8, 4) is 0 Å². The average molecular weight is 377 g/mol. The molecule has 124 valence electrons. The second kappa shape index (κ2) is 8.37.